The lowest BCUT2D eigenvalue weighted by Gasteiger charge is -2.31. The van der Waals surface area contributed by atoms with E-state index in [1.807, 2.05) is 38.4 Å². The third-order valence-electron chi connectivity index (χ3n) is 6.08. The quantitative estimate of drug-likeness (QED) is 0.567. The SMILES string of the molecule is CC1C(=O)N(C)Cc2c(-c3cccc4cc(-c5nn[nH]n5)ncc34)nc(C3CC3)n21. The summed E-state index contributed by atoms with van der Waals surface area (Å²) in [4.78, 5) is 24.1. The van der Waals surface area contributed by atoms with E-state index in [1.165, 1.54) is 0 Å². The minimum atomic E-state index is -0.228. The number of imidazole rings is 1. The van der Waals surface area contributed by atoms with Crippen molar-refractivity contribution in [2.75, 3.05) is 7.05 Å². The van der Waals surface area contributed by atoms with Gasteiger partial charge in [0.25, 0.3) is 0 Å². The summed E-state index contributed by atoms with van der Waals surface area (Å²) in [6.07, 6.45) is 4.12. The fourth-order valence-corrected chi connectivity index (χ4v) is 4.42. The summed E-state index contributed by atoms with van der Waals surface area (Å²) in [5.41, 5.74) is 3.74. The second kappa shape index (κ2) is 6.19. The van der Waals surface area contributed by atoms with Crippen LogP contribution in [0.2, 0.25) is 0 Å². The summed E-state index contributed by atoms with van der Waals surface area (Å²) < 4.78 is 2.18. The van der Waals surface area contributed by atoms with Crippen molar-refractivity contribution in [3.63, 3.8) is 0 Å². The topological polar surface area (TPSA) is 105 Å². The highest BCUT2D eigenvalue weighted by Gasteiger charge is 2.38. The summed E-state index contributed by atoms with van der Waals surface area (Å²) in [7, 11) is 1.86. The molecule has 4 heterocycles. The number of benzene rings is 1. The summed E-state index contributed by atoms with van der Waals surface area (Å²) in [5, 5.41) is 16.2. The van der Waals surface area contributed by atoms with Gasteiger partial charge in [-0.05, 0) is 36.4 Å². The predicted octanol–water partition coefficient (Wildman–Crippen LogP) is 2.69. The van der Waals surface area contributed by atoms with Gasteiger partial charge in [0.15, 0.2) is 0 Å². The number of aromatic nitrogens is 7. The number of nitrogens with zero attached hydrogens (tertiary/aromatic N) is 7. The summed E-state index contributed by atoms with van der Waals surface area (Å²) >= 11 is 0. The van der Waals surface area contributed by atoms with Gasteiger partial charge >= 0.3 is 0 Å². The summed E-state index contributed by atoms with van der Waals surface area (Å²) in [6, 6.07) is 7.90. The molecule has 1 amide bonds. The van der Waals surface area contributed by atoms with Crippen molar-refractivity contribution in [3.8, 4) is 22.8 Å². The Bertz CT molecular complexity index is 1290. The Morgan fingerprint density at radius 1 is 1.23 bits per heavy atom. The molecule has 9 nitrogen and oxygen atoms in total. The molecule has 1 aliphatic heterocycles. The van der Waals surface area contributed by atoms with Crippen molar-refractivity contribution < 1.29 is 4.79 Å². The second-order valence-corrected chi connectivity index (χ2v) is 8.11. The van der Waals surface area contributed by atoms with Crippen LogP contribution in [0.1, 0.15) is 43.2 Å². The van der Waals surface area contributed by atoms with Crippen LogP contribution in [0.25, 0.3) is 33.5 Å². The van der Waals surface area contributed by atoms with Crippen molar-refractivity contribution >= 4 is 16.7 Å². The smallest absolute Gasteiger partial charge is 0.245 e. The number of nitrogens with one attached hydrogen (secondary N) is 1. The van der Waals surface area contributed by atoms with Crippen LogP contribution in [0, 0.1) is 0 Å². The number of likely N-dealkylation sites (N-methyl/N-ethyl adjacent to an activating group) is 1. The highest BCUT2D eigenvalue weighted by Crippen LogP contribution is 2.45. The predicted molar refractivity (Wildman–Crippen MR) is 109 cm³/mol. The first-order valence-corrected chi connectivity index (χ1v) is 10.1. The summed E-state index contributed by atoms with van der Waals surface area (Å²) in [5.74, 6) is 2.10. The van der Waals surface area contributed by atoms with E-state index >= 15 is 0 Å². The Morgan fingerprint density at radius 3 is 2.87 bits per heavy atom. The molecule has 4 aromatic rings. The maximum absolute atomic E-state index is 12.6. The number of tetrazole rings is 1. The molecular formula is C21H20N8O. The van der Waals surface area contributed by atoms with Gasteiger partial charge in [-0.1, -0.05) is 18.2 Å². The molecule has 2 aliphatic rings. The largest absolute Gasteiger partial charge is 0.338 e. The van der Waals surface area contributed by atoms with Gasteiger partial charge in [0.2, 0.25) is 11.7 Å². The fraction of sp³-hybridized carbons (Fsp3) is 0.333. The fourth-order valence-electron chi connectivity index (χ4n) is 4.42. The van der Waals surface area contributed by atoms with Gasteiger partial charge in [0.05, 0.1) is 17.9 Å². The van der Waals surface area contributed by atoms with Crippen molar-refractivity contribution in [2.24, 2.45) is 0 Å². The molecule has 0 radical (unpaired) electrons. The average Bonchev–Trinajstić information content (AvgIpc) is 3.31. The van der Waals surface area contributed by atoms with Crippen LogP contribution in [0.4, 0.5) is 0 Å². The van der Waals surface area contributed by atoms with Gasteiger partial charge in [0, 0.05) is 30.1 Å². The Hall–Kier alpha value is -3.62. The molecule has 9 heteroatoms. The lowest BCUT2D eigenvalue weighted by Crippen LogP contribution is -2.39. The van der Waals surface area contributed by atoms with E-state index in [4.69, 9.17) is 4.98 Å². The van der Waals surface area contributed by atoms with Gasteiger partial charge in [-0.3, -0.25) is 9.78 Å². The third-order valence-corrected chi connectivity index (χ3v) is 6.08. The molecule has 0 spiro atoms. The van der Waals surface area contributed by atoms with Crippen molar-refractivity contribution in [3.05, 3.63) is 42.0 Å². The minimum absolute atomic E-state index is 0.137. The van der Waals surface area contributed by atoms with E-state index in [-0.39, 0.29) is 11.9 Å². The Labute approximate surface area is 172 Å². The number of rotatable bonds is 3. The van der Waals surface area contributed by atoms with Gasteiger partial charge in [-0.2, -0.15) is 5.21 Å². The number of amides is 1. The summed E-state index contributed by atoms with van der Waals surface area (Å²) in [6.45, 7) is 2.53. The number of carbonyl (C=O) groups is 1. The van der Waals surface area contributed by atoms with Gasteiger partial charge in [-0.15, -0.1) is 10.2 Å². The molecule has 1 saturated carbocycles. The zero-order valence-corrected chi connectivity index (χ0v) is 16.7. The third kappa shape index (κ3) is 2.47. The maximum Gasteiger partial charge on any atom is 0.245 e. The zero-order chi connectivity index (χ0) is 20.4. The number of pyridine rings is 1. The van der Waals surface area contributed by atoms with E-state index in [1.54, 1.807) is 4.90 Å². The monoisotopic (exact) mass is 400 g/mol. The van der Waals surface area contributed by atoms with E-state index in [2.05, 4.69) is 36.2 Å². The normalized spacial score (nSPS) is 18.8. The van der Waals surface area contributed by atoms with Crippen LogP contribution in [0.15, 0.2) is 30.5 Å². The number of hydrogen-bond donors (Lipinski definition) is 1. The number of H-pyrrole nitrogens is 1. The van der Waals surface area contributed by atoms with Gasteiger partial charge in [-0.25, -0.2) is 4.98 Å². The highest BCUT2D eigenvalue weighted by atomic mass is 16.2. The molecule has 0 bridgehead atoms. The van der Waals surface area contributed by atoms with Crippen LogP contribution in [0.5, 0.6) is 0 Å². The first-order valence-electron chi connectivity index (χ1n) is 10.1. The molecule has 30 heavy (non-hydrogen) atoms. The molecule has 150 valence electrons. The Morgan fingerprint density at radius 2 is 2.10 bits per heavy atom. The molecule has 3 aromatic heterocycles. The highest BCUT2D eigenvalue weighted by molar-refractivity contribution is 5.97. The van der Waals surface area contributed by atoms with Crippen LogP contribution in [-0.2, 0) is 11.3 Å². The molecule has 1 unspecified atom stereocenters. The molecule has 1 N–H and O–H groups in total. The zero-order valence-electron chi connectivity index (χ0n) is 16.7. The van der Waals surface area contributed by atoms with Crippen molar-refractivity contribution in [2.45, 2.75) is 38.3 Å². The molecule has 1 fully saturated rings. The number of fused-ring (bicyclic) bond motifs is 2. The van der Waals surface area contributed by atoms with Gasteiger partial charge in [0.1, 0.15) is 17.6 Å². The van der Waals surface area contributed by atoms with Crippen molar-refractivity contribution in [1.82, 2.24) is 40.1 Å². The van der Waals surface area contributed by atoms with Crippen LogP contribution in [-0.4, -0.2) is 53.0 Å². The Balaban J connectivity index is 1.55. The maximum atomic E-state index is 12.6. The minimum Gasteiger partial charge on any atom is -0.338 e. The number of carbonyl (C=O) groups excluding carboxylic acids is 1. The van der Waals surface area contributed by atoms with E-state index in [9.17, 15) is 4.79 Å². The van der Waals surface area contributed by atoms with Crippen LogP contribution >= 0.6 is 0 Å². The molecule has 1 atom stereocenters. The first-order chi connectivity index (χ1) is 14.6. The van der Waals surface area contributed by atoms with Crippen molar-refractivity contribution in [1.29, 1.82) is 0 Å². The van der Waals surface area contributed by atoms with Crippen LogP contribution in [0.3, 0.4) is 0 Å². The number of aromatic amines is 1. The standard InChI is InChI=1S/C21H20N8O/c1-11-21(30)28(2)10-17-18(23-20(29(11)17)12-6-7-12)14-5-3-4-13-8-16(22-9-15(13)14)19-24-26-27-25-19/h3-5,8-9,11-12H,6-7,10H2,1-2H3,(H,24,25,26,27). The van der Waals surface area contributed by atoms with Gasteiger partial charge < -0.3 is 9.47 Å². The van der Waals surface area contributed by atoms with Crippen LogP contribution < -0.4 is 0 Å². The molecule has 0 saturated heterocycles. The molecule has 1 aromatic carbocycles. The molecule has 1 aliphatic carbocycles. The average molecular weight is 400 g/mol. The lowest BCUT2D eigenvalue weighted by molar-refractivity contribution is -0.135. The first kappa shape index (κ1) is 17.3. The number of hydrogen-bond acceptors (Lipinski definition) is 6. The Kier molecular flexibility index (Phi) is 3.56. The van der Waals surface area contributed by atoms with E-state index in [0.29, 0.717) is 24.0 Å². The molecule has 6 rings (SSSR count). The molecular weight excluding hydrogens is 380 g/mol. The second-order valence-electron chi connectivity index (χ2n) is 8.11. The van der Waals surface area contributed by atoms with E-state index in [0.717, 1.165) is 46.4 Å². The lowest BCUT2D eigenvalue weighted by atomic mass is 10.0. The van der Waals surface area contributed by atoms with E-state index < -0.39 is 0 Å².